The van der Waals surface area contributed by atoms with E-state index >= 15 is 0 Å². The number of aryl methyl sites for hydroxylation is 1. The van der Waals surface area contributed by atoms with E-state index in [1.54, 1.807) is 0 Å². The quantitative estimate of drug-likeness (QED) is 0.718. The van der Waals surface area contributed by atoms with E-state index in [0.29, 0.717) is 5.88 Å². The van der Waals surface area contributed by atoms with Crippen LogP contribution in [0.15, 0.2) is 36.5 Å². The normalized spacial score (nSPS) is 16.5. The van der Waals surface area contributed by atoms with Gasteiger partial charge in [0.05, 0.1) is 0 Å². The van der Waals surface area contributed by atoms with E-state index in [1.165, 1.54) is 0 Å². The van der Waals surface area contributed by atoms with Crippen LogP contribution in [-0.2, 0) is 10.3 Å². The molecular weight excluding hydrogens is 226 g/mol. The second-order valence-electron chi connectivity index (χ2n) is 5.18. The number of carbonyl (C=O) groups excluding carboxylic acids is 1. The van der Waals surface area contributed by atoms with Gasteiger partial charge in [0.1, 0.15) is 5.54 Å². The fraction of sp³-hybridized carbons (Fsp3) is 0.267. The number of carbonyl (C=O) groups is 1. The number of rotatable bonds is 1. The Bertz CT molecular complexity index is 623. The third kappa shape index (κ3) is 1.33. The molecule has 1 aliphatic rings. The smallest absolute Gasteiger partial charge is 0.338 e. The molecule has 2 aromatic rings. The van der Waals surface area contributed by atoms with Gasteiger partial charge in [-0.3, -0.25) is 0 Å². The average Bonchev–Trinajstić information content (AvgIpc) is 2.77. The minimum atomic E-state index is -0.618. The Labute approximate surface area is 106 Å². The number of benzene rings is 1. The molecule has 0 saturated heterocycles. The summed E-state index contributed by atoms with van der Waals surface area (Å²) in [5.41, 5.74) is 2.59. The summed E-state index contributed by atoms with van der Waals surface area (Å²) in [5.74, 6) is 0.461. The minimum Gasteiger partial charge on any atom is -0.407 e. The van der Waals surface area contributed by atoms with E-state index in [1.807, 2.05) is 61.9 Å². The van der Waals surface area contributed by atoms with Crippen molar-refractivity contribution in [3.63, 3.8) is 0 Å². The molecule has 1 aliphatic heterocycles. The van der Waals surface area contributed by atoms with Crippen LogP contribution in [0, 0.1) is 6.92 Å². The summed E-state index contributed by atoms with van der Waals surface area (Å²) in [6.45, 7) is 5.79. The lowest BCUT2D eigenvalue weighted by molar-refractivity contribution is -0.138. The van der Waals surface area contributed by atoms with Gasteiger partial charge in [0.2, 0.25) is 5.88 Å². The van der Waals surface area contributed by atoms with Crippen molar-refractivity contribution < 1.29 is 9.53 Å². The molecule has 1 aromatic heterocycles. The molecule has 3 nitrogen and oxygen atoms in total. The Morgan fingerprint density at radius 2 is 1.83 bits per heavy atom. The molecule has 0 aliphatic carbocycles. The molecule has 2 heterocycles. The first-order valence-corrected chi connectivity index (χ1v) is 6.02. The van der Waals surface area contributed by atoms with Crippen LogP contribution >= 0.6 is 0 Å². The molecule has 92 valence electrons. The summed E-state index contributed by atoms with van der Waals surface area (Å²) in [6, 6.07) is 10.0. The molecule has 0 fully saturated rings. The van der Waals surface area contributed by atoms with Gasteiger partial charge in [0.25, 0.3) is 0 Å². The van der Waals surface area contributed by atoms with Crippen LogP contribution in [0.3, 0.4) is 0 Å². The van der Waals surface area contributed by atoms with Gasteiger partial charge in [-0.05, 0) is 31.9 Å². The third-order valence-corrected chi connectivity index (χ3v) is 3.50. The minimum absolute atomic E-state index is 0.199. The highest BCUT2D eigenvalue weighted by molar-refractivity contribution is 5.88. The predicted octanol–water partition coefficient (Wildman–Crippen LogP) is 3.12. The number of ether oxygens (including phenoxy) is 1. The molecule has 0 atom stereocenters. The van der Waals surface area contributed by atoms with E-state index in [-0.39, 0.29) is 5.97 Å². The fourth-order valence-electron chi connectivity index (χ4n) is 2.39. The molecule has 0 amide bonds. The highest BCUT2D eigenvalue weighted by Gasteiger charge is 2.42. The lowest BCUT2D eigenvalue weighted by Crippen LogP contribution is -2.30. The molecule has 0 saturated carbocycles. The van der Waals surface area contributed by atoms with Crippen molar-refractivity contribution in [2.45, 2.75) is 26.3 Å². The van der Waals surface area contributed by atoms with E-state index in [4.69, 9.17) is 4.74 Å². The molecule has 18 heavy (non-hydrogen) atoms. The summed E-state index contributed by atoms with van der Waals surface area (Å²) >= 11 is 0. The molecule has 3 rings (SSSR count). The predicted molar refractivity (Wildman–Crippen MR) is 69.6 cm³/mol. The molecular formula is C15H15NO2. The van der Waals surface area contributed by atoms with Gasteiger partial charge in [-0.1, -0.05) is 30.3 Å². The number of hydrogen-bond acceptors (Lipinski definition) is 2. The summed E-state index contributed by atoms with van der Waals surface area (Å²) in [4.78, 5) is 11.9. The number of nitrogens with zero attached hydrogens (tertiary/aromatic N) is 1. The van der Waals surface area contributed by atoms with Crippen molar-refractivity contribution in [1.29, 1.82) is 0 Å². The van der Waals surface area contributed by atoms with E-state index in [9.17, 15) is 4.79 Å². The van der Waals surface area contributed by atoms with Crippen LogP contribution in [0.2, 0.25) is 0 Å². The summed E-state index contributed by atoms with van der Waals surface area (Å²) in [5, 5.41) is 0. The number of hydrogen-bond donors (Lipinski definition) is 0. The van der Waals surface area contributed by atoms with Crippen molar-refractivity contribution in [3.8, 4) is 17.0 Å². The van der Waals surface area contributed by atoms with Crippen molar-refractivity contribution in [2.24, 2.45) is 0 Å². The van der Waals surface area contributed by atoms with Gasteiger partial charge in [0.15, 0.2) is 0 Å². The van der Waals surface area contributed by atoms with E-state index in [0.717, 1.165) is 16.7 Å². The van der Waals surface area contributed by atoms with Crippen LogP contribution in [0.25, 0.3) is 11.1 Å². The van der Waals surface area contributed by atoms with Crippen LogP contribution in [0.4, 0.5) is 0 Å². The highest BCUT2D eigenvalue weighted by Crippen LogP contribution is 2.42. The number of aromatic nitrogens is 1. The highest BCUT2D eigenvalue weighted by atomic mass is 16.6. The zero-order valence-corrected chi connectivity index (χ0v) is 10.7. The molecule has 0 unspecified atom stereocenters. The zero-order valence-electron chi connectivity index (χ0n) is 10.7. The second kappa shape index (κ2) is 3.48. The molecule has 0 radical (unpaired) electrons. The van der Waals surface area contributed by atoms with E-state index in [2.05, 4.69) is 0 Å². The first-order chi connectivity index (χ1) is 8.51. The van der Waals surface area contributed by atoms with Crippen molar-refractivity contribution >= 4 is 5.97 Å². The van der Waals surface area contributed by atoms with Crippen LogP contribution in [0.5, 0.6) is 5.88 Å². The number of esters is 1. The first-order valence-electron chi connectivity index (χ1n) is 6.02. The van der Waals surface area contributed by atoms with Crippen LogP contribution < -0.4 is 4.74 Å². The van der Waals surface area contributed by atoms with Gasteiger partial charge in [-0.2, -0.15) is 0 Å². The van der Waals surface area contributed by atoms with Crippen molar-refractivity contribution in [1.82, 2.24) is 4.57 Å². The van der Waals surface area contributed by atoms with Crippen LogP contribution in [0.1, 0.15) is 19.4 Å². The lowest BCUT2D eigenvalue weighted by atomic mass is 10.1. The standard InChI is InChI=1S/C15H15NO2/c1-10-9-16-13(18-14(17)15(16,2)3)12(10)11-7-5-4-6-8-11/h4-9H,1-3H3. The fourth-order valence-corrected chi connectivity index (χ4v) is 2.39. The Hall–Kier alpha value is -2.03. The molecule has 0 N–H and O–H groups in total. The maximum Gasteiger partial charge on any atom is 0.338 e. The second-order valence-corrected chi connectivity index (χ2v) is 5.18. The topological polar surface area (TPSA) is 31.2 Å². The third-order valence-electron chi connectivity index (χ3n) is 3.50. The maximum absolute atomic E-state index is 11.9. The largest absolute Gasteiger partial charge is 0.407 e. The number of fused-ring (bicyclic) bond motifs is 1. The van der Waals surface area contributed by atoms with Gasteiger partial charge in [-0.25, -0.2) is 4.79 Å². The Morgan fingerprint density at radius 3 is 2.50 bits per heavy atom. The first kappa shape index (κ1) is 11.1. The van der Waals surface area contributed by atoms with Gasteiger partial charge in [-0.15, -0.1) is 0 Å². The Balaban J connectivity index is 2.24. The van der Waals surface area contributed by atoms with Crippen molar-refractivity contribution in [3.05, 3.63) is 42.1 Å². The molecule has 1 aromatic carbocycles. The van der Waals surface area contributed by atoms with Crippen LogP contribution in [-0.4, -0.2) is 10.5 Å². The lowest BCUT2D eigenvalue weighted by Gasteiger charge is -2.14. The zero-order chi connectivity index (χ0) is 12.9. The SMILES string of the molecule is Cc1cn2c(c1-c1ccccc1)OC(=O)C2(C)C. The summed E-state index contributed by atoms with van der Waals surface area (Å²) in [7, 11) is 0. The van der Waals surface area contributed by atoms with Gasteiger partial charge < -0.3 is 9.30 Å². The monoisotopic (exact) mass is 241 g/mol. The van der Waals surface area contributed by atoms with Gasteiger partial charge in [0, 0.05) is 11.8 Å². The molecule has 3 heteroatoms. The Morgan fingerprint density at radius 1 is 1.17 bits per heavy atom. The summed E-state index contributed by atoms with van der Waals surface area (Å²) < 4.78 is 7.38. The van der Waals surface area contributed by atoms with Crippen molar-refractivity contribution in [2.75, 3.05) is 0 Å². The summed E-state index contributed by atoms with van der Waals surface area (Å²) in [6.07, 6.45) is 1.99. The van der Waals surface area contributed by atoms with Gasteiger partial charge >= 0.3 is 5.97 Å². The maximum atomic E-state index is 11.9. The average molecular weight is 241 g/mol. The molecule has 0 bridgehead atoms. The van der Waals surface area contributed by atoms with E-state index < -0.39 is 5.54 Å². The Kier molecular flexibility index (Phi) is 2.14. The molecule has 0 spiro atoms.